The molecular formula is C12H16N2O2. The number of carboxylic acid groups (broad SMARTS) is 1. The van der Waals surface area contributed by atoms with Gasteiger partial charge in [0.25, 0.3) is 0 Å². The van der Waals surface area contributed by atoms with E-state index >= 15 is 0 Å². The van der Waals surface area contributed by atoms with Crippen molar-refractivity contribution in [3.05, 3.63) is 35.4 Å². The van der Waals surface area contributed by atoms with E-state index in [1.54, 1.807) is 12.1 Å². The predicted molar refractivity (Wildman–Crippen MR) is 65.4 cm³/mol. The van der Waals surface area contributed by atoms with E-state index in [1.165, 1.54) is 6.07 Å². The van der Waals surface area contributed by atoms with E-state index in [9.17, 15) is 4.79 Å². The lowest BCUT2D eigenvalue weighted by atomic mass is 10.1. The summed E-state index contributed by atoms with van der Waals surface area (Å²) in [7, 11) is 1.89. The molecule has 1 aromatic rings. The fraction of sp³-hybridized carbons (Fsp3) is 0.250. The molecule has 0 aromatic heterocycles. The minimum Gasteiger partial charge on any atom is -0.478 e. The molecule has 1 aromatic carbocycles. The lowest BCUT2D eigenvalue weighted by molar-refractivity contribution is 0.0697. The zero-order chi connectivity index (χ0) is 12.0. The number of nitrogen functional groups attached to an aromatic ring is 1. The van der Waals surface area contributed by atoms with Crippen LogP contribution < -0.4 is 11.1 Å². The summed E-state index contributed by atoms with van der Waals surface area (Å²) in [6.45, 7) is 0.906. The number of hydrogen-bond donors (Lipinski definition) is 3. The van der Waals surface area contributed by atoms with Gasteiger partial charge >= 0.3 is 5.97 Å². The van der Waals surface area contributed by atoms with Crippen LogP contribution in [0.2, 0.25) is 0 Å². The summed E-state index contributed by atoms with van der Waals surface area (Å²) in [5.74, 6) is -0.961. The third-order valence-corrected chi connectivity index (χ3v) is 2.19. The Balaban J connectivity index is 2.75. The van der Waals surface area contributed by atoms with Gasteiger partial charge in [-0.3, -0.25) is 0 Å². The van der Waals surface area contributed by atoms with Gasteiger partial charge in [-0.2, -0.15) is 0 Å². The molecule has 0 bridgehead atoms. The van der Waals surface area contributed by atoms with Crippen LogP contribution in [0.15, 0.2) is 24.3 Å². The van der Waals surface area contributed by atoms with Crippen LogP contribution in [-0.2, 0) is 0 Å². The zero-order valence-corrected chi connectivity index (χ0v) is 9.23. The molecule has 0 aliphatic heterocycles. The van der Waals surface area contributed by atoms with Gasteiger partial charge in [0, 0.05) is 5.69 Å². The molecule has 0 aliphatic carbocycles. The van der Waals surface area contributed by atoms with Gasteiger partial charge in [0.2, 0.25) is 0 Å². The zero-order valence-electron chi connectivity index (χ0n) is 9.23. The molecule has 0 atom stereocenters. The smallest absolute Gasteiger partial charge is 0.335 e. The Bertz CT molecular complexity index is 400. The van der Waals surface area contributed by atoms with Crippen molar-refractivity contribution in [2.24, 2.45) is 0 Å². The van der Waals surface area contributed by atoms with Crippen LogP contribution in [0.4, 0.5) is 5.69 Å². The summed E-state index contributed by atoms with van der Waals surface area (Å²) in [4.78, 5) is 10.7. The van der Waals surface area contributed by atoms with Crippen molar-refractivity contribution in [2.45, 2.75) is 6.42 Å². The van der Waals surface area contributed by atoms with Crippen molar-refractivity contribution in [1.82, 2.24) is 5.32 Å². The molecule has 0 radical (unpaired) electrons. The van der Waals surface area contributed by atoms with Crippen LogP contribution >= 0.6 is 0 Å². The number of hydrogen-bond acceptors (Lipinski definition) is 3. The Hall–Kier alpha value is -1.81. The van der Waals surface area contributed by atoms with Crippen molar-refractivity contribution in [2.75, 3.05) is 19.3 Å². The molecule has 0 fully saturated rings. The van der Waals surface area contributed by atoms with Crippen molar-refractivity contribution in [3.8, 4) is 0 Å². The lowest BCUT2D eigenvalue weighted by Gasteiger charge is -2.02. The summed E-state index contributed by atoms with van der Waals surface area (Å²) in [6.07, 6.45) is 4.82. The highest BCUT2D eigenvalue weighted by Gasteiger charge is 2.03. The highest BCUT2D eigenvalue weighted by molar-refractivity contribution is 5.89. The molecule has 0 aliphatic rings. The molecule has 0 amide bonds. The van der Waals surface area contributed by atoms with Gasteiger partial charge in [-0.05, 0) is 37.7 Å². The van der Waals surface area contributed by atoms with Gasteiger partial charge in [0.15, 0.2) is 0 Å². The largest absolute Gasteiger partial charge is 0.478 e. The van der Waals surface area contributed by atoms with E-state index < -0.39 is 5.97 Å². The normalized spacial score (nSPS) is 10.8. The third-order valence-electron chi connectivity index (χ3n) is 2.19. The minimum absolute atomic E-state index is 0.213. The quantitative estimate of drug-likeness (QED) is 0.520. The molecule has 86 valence electrons. The van der Waals surface area contributed by atoms with Gasteiger partial charge in [-0.25, -0.2) is 4.79 Å². The first kappa shape index (κ1) is 12.3. The second-order valence-corrected chi connectivity index (χ2v) is 3.44. The summed E-state index contributed by atoms with van der Waals surface area (Å²) in [6, 6.07) is 4.74. The highest BCUT2D eigenvalue weighted by Crippen LogP contribution is 2.16. The second-order valence-electron chi connectivity index (χ2n) is 3.44. The topological polar surface area (TPSA) is 75.3 Å². The molecule has 0 saturated heterocycles. The Kier molecular flexibility index (Phi) is 4.54. The lowest BCUT2D eigenvalue weighted by Crippen LogP contribution is -2.05. The van der Waals surface area contributed by atoms with Crippen LogP contribution in [0, 0.1) is 0 Å². The van der Waals surface area contributed by atoms with Crippen molar-refractivity contribution < 1.29 is 9.90 Å². The fourth-order valence-electron chi connectivity index (χ4n) is 1.30. The van der Waals surface area contributed by atoms with Crippen LogP contribution in [0.3, 0.4) is 0 Å². The number of rotatable bonds is 5. The van der Waals surface area contributed by atoms with Crippen molar-refractivity contribution in [1.29, 1.82) is 0 Å². The van der Waals surface area contributed by atoms with Gasteiger partial charge in [-0.1, -0.05) is 18.2 Å². The van der Waals surface area contributed by atoms with Crippen molar-refractivity contribution in [3.63, 3.8) is 0 Å². The van der Waals surface area contributed by atoms with E-state index in [-0.39, 0.29) is 5.56 Å². The third kappa shape index (κ3) is 3.40. The summed E-state index contributed by atoms with van der Waals surface area (Å²) in [5, 5.41) is 11.8. The number of carbonyl (C=O) groups is 1. The van der Waals surface area contributed by atoms with E-state index in [0.29, 0.717) is 5.69 Å². The molecule has 0 spiro atoms. The number of anilines is 1. The molecule has 4 nitrogen and oxygen atoms in total. The molecule has 16 heavy (non-hydrogen) atoms. The Morgan fingerprint density at radius 2 is 2.31 bits per heavy atom. The maximum Gasteiger partial charge on any atom is 0.335 e. The average Bonchev–Trinajstić information content (AvgIpc) is 2.26. The van der Waals surface area contributed by atoms with Gasteiger partial charge in [0.05, 0.1) is 5.56 Å². The highest BCUT2D eigenvalue weighted by atomic mass is 16.4. The maximum atomic E-state index is 10.7. The van der Waals surface area contributed by atoms with E-state index in [2.05, 4.69) is 5.32 Å². The first-order valence-electron chi connectivity index (χ1n) is 5.09. The molecule has 4 N–H and O–H groups in total. The van der Waals surface area contributed by atoms with Crippen LogP contribution in [0.25, 0.3) is 6.08 Å². The van der Waals surface area contributed by atoms with Crippen LogP contribution in [0.5, 0.6) is 0 Å². The van der Waals surface area contributed by atoms with Crippen LogP contribution in [-0.4, -0.2) is 24.7 Å². The average molecular weight is 220 g/mol. The monoisotopic (exact) mass is 220 g/mol. The molecular weight excluding hydrogens is 204 g/mol. The number of benzene rings is 1. The Morgan fingerprint density at radius 3 is 2.88 bits per heavy atom. The SMILES string of the molecule is CNCCC=Cc1ccc(C(=O)O)cc1N. The van der Waals surface area contributed by atoms with Gasteiger partial charge in [-0.15, -0.1) is 0 Å². The summed E-state index contributed by atoms with van der Waals surface area (Å²) < 4.78 is 0. The molecule has 0 saturated carbocycles. The fourth-order valence-corrected chi connectivity index (χ4v) is 1.30. The Morgan fingerprint density at radius 1 is 1.56 bits per heavy atom. The first-order chi connectivity index (χ1) is 7.65. The minimum atomic E-state index is -0.961. The second kappa shape index (κ2) is 5.92. The van der Waals surface area contributed by atoms with Crippen molar-refractivity contribution >= 4 is 17.7 Å². The number of carboxylic acids is 1. The molecule has 0 unspecified atom stereocenters. The van der Waals surface area contributed by atoms with E-state index in [1.807, 2.05) is 19.2 Å². The number of nitrogens with one attached hydrogen (secondary N) is 1. The molecule has 1 rings (SSSR count). The predicted octanol–water partition coefficient (Wildman–Crippen LogP) is 1.59. The Labute approximate surface area is 94.8 Å². The van der Waals surface area contributed by atoms with E-state index in [4.69, 9.17) is 10.8 Å². The van der Waals surface area contributed by atoms with Gasteiger partial charge in [0.1, 0.15) is 0 Å². The maximum absolute atomic E-state index is 10.7. The first-order valence-corrected chi connectivity index (χ1v) is 5.09. The number of nitrogens with two attached hydrogens (primary N) is 1. The molecule has 0 heterocycles. The standard InChI is InChI=1S/C12H16N2O2/c1-14-7-3-2-4-9-5-6-10(12(15)16)8-11(9)13/h2,4-6,8,14H,3,7,13H2,1H3,(H,15,16). The van der Waals surface area contributed by atoms with Gasteiger partial charge < -0.3 is 16.2 Å². The summed E-state index contributed by atoms with van der Waals surface area (Å²) in [5.41, 5.74) is 7.29. The van der Waals surface area contributed by atoms with Crippen LogP contribution in [0.1, 0.15) is 22.3 Å². The number of aromatic carboxylic acids is 1. The summed E-state index contributed by atoms with van der Waals surface area (Å²) >= 11 is 0. The molecule has 4 heteroatoms. The van der Waals surface area contributed by atoms with E-state index in [0.717, 1.165) is 18.5 Å².